The second-order valence-corrected chi connectivity index (χ2v) is 11.8. The Kier molecular flexibility index (Phi) is 3.33. The van der Waals surface area contributed by atoms with Crippen molar-refractivity contribution in [3.63, 3.8) is 0 Å². The molecule has 0 spiro atoms. The third-order valence-corrected chi connectivity index (χ3v) is 10.5. The van der Waals surface area contributed by atoms with Crippen molar-refractivity contribution in [1.29, 1.82) is 0 Å². The summed E-state index contributed by atoms with van der Waals surface area (Å²) in [6.45, 7) is 21.9. The monoisotopic (exact) mass is 283 g/mol. The highest BCUT2D eigenvalue weighted by atomic mass is 28.3. The third kappa shape index (κ3) is 1.75. The van der Waals surface area contributed by atoms with Gasteiger partial charge in [-0.15, -0.1) is 0 Å². The van der Waals surface area contributed by atoms with Crippen molar-refractivity contribution < 1.29 is 0 Å². The van der Waals surface area contributed by atoms with Gasteiger partial charge in [0.1, 0.15) is 8.07 Å². The molecule has 1 aliphatic rings. The van der Waals surface area contributed by atoms with E-state index in [0.717, 1.165) is 5.57 Å². The lowest BCUT2D eigenvalue weighted by molar-refractivity contribution is 0.703. The summed E-state index contributed by atoms with van der Waals surface area (Å²) < 4.78 is 0. The SMILES string of the molecule is C=CC(=C)c1cccc2c1N(C)C(=C)[Si](C)(C)C2(C)C. The first-order chi connectivity index (χ1) is 9.16. The van der Waals surface area contributed by atoms with Crippen molar-refractivity contribution in [1.82, 2.24) is 0 Å². The predicted molar refractivity (Wildman–Crippen MR) is 93.7 cm³/mol. The summed E-state index contributed by atoms with van der Waals surface area (Å²) >= 11 is 0. The molecule has 1 nitrogen and oxygen atoms in total. The first-order valence-corrected chi connectivity index (χ1v) is 10.0. The molecule has 0 saturated heterocycles. The Bertz CT molecular complexity index is 608. The van der Waals surface area contributed by atoms with Gasteiger partial charge < -0.3 is 4.90 Å². The topological polar surface area (TPSA) is 3.24 Å². The lowest BCUT2D eigenvalue weighted by Gasteiger charge is -2.51. The minimum Gasteiger partial charge on any atom is -0.352 e. The number of allylic oxidation sites excluding steroid dienone is 2. The van der Waals surface area contributed by atoms with E-state index in [1.807, 2.05) is 6.08 Å². The molecule has 0 unspecified atom stereocenters. The van der Waals surface area contributed by atoms with E-state index in [-0.39, 0.29) is 5.04 Å². The highest BCUT2D eigenvalue weighted by Gasteiger charge is 2.49. The van der Waals surface area contributed by atoms with Crippen molar-refractivity contribution in [2.75, 3.05) is 11.9 Å². The molecule has 1 heterocycles. The van der Waals surface area contributed by atoms with Gasteiger partial charge in [0.25, 0.3) is 0 Å². The molecule has 0 radical (unpaired) electrons. The average Bonchev–Trinajstić information content (AvgIpc) is 2.42. The Balaban J connectivity index is 2.83. The van der Waals surface area contributed by atoms with Gasteiger partial charge >= 0.3 is 0 Å². The fourth-order valence-electron chi connectivity index (χ4n) is 3.03. The van der Waals surface area contributed by atoms with E-state index in [1.165, 1.54) is 22.1 Å². The summed E-state index contributed by atoms with van der Waals surface area (Å²) in [7, 11) is 0.502. The normalized spacial score (nSPS) is 19.4. The van der Waals surface area contributed by atoms with Crippen LogP contribution in [0, 0.1) is 0 Å². The summed E-state index contributed by atoms with van der Waals surface area (Å²) in [6.07, 6.45) is 1.83. The van der Waals surface area contributed by atoms with E-state index in [4.69, 9.17) is 0 Å². The minimum absolute atomic E-state index is 0.156. The molecule has 106 valence electrons. The van der Waals surface area contributed by atoms with Crippen LogP contribution in [0.3, 0.4) is 0 Å². The number of nitrogens with zero attached hydrogens (tertiary/aromatic N) is 1. The molecule has 0 amide bonds. The van der Waals surface area contributed by atoms with E-state index >= 15 is 0 Å². The molecule has 0 N–H and O–H groups in total. The fraction of sp³-hybridized carbons (Fsp3) is 0.333. The van der Waals surface area contributed by atoms with Crippen LogP contribution in [0.2, 0.25) is 13.1 Å². The van der Waals surface area contributed by atoms with E-state index in [1.54, 1.807) is 0 Å². The first kappa shape index (κ1) is 14.9. The molecule has 0 fully saturated rings. The van der Waals surface area contributed by atoms with Crippen molar-refractivity contribution in [2.24, 2.45) is 0 Å². The number of benzene rings is 1. The highest BCUT2D eigenvalue weighted by molar-refractivity contribution is 6.87. The fourth-order valence-corrected chi connectivity index (χ4v) is 5.58. The van der Waals surface area contributed by atoms with Gasteiger partial charge in [0.15, 0.2) is 0 Å². The standard InChI is InChI=1S/C18H25NSi/c1-9-13(2)15-11-10-12-16-17(15)19(6)14(3)20(7,8)18(16,4)5/h9-12H,1-3H2,4-8H3. The zero-order valence-electron chi connectivity index (χ0n) is 13.4. The molecule has 0 saturated carbocycles. The zero-order chi connectivity index (χ0) is 15.3. The maximum atomic E-state index is 4.40. The van der Waals surface area contributed by atoms with Crippen molar-refractivity contribution >= 4 is 19.3 Å². The molecule has 2 heteroatoms. The number of anilines is 1. The molecule has 0 bridgehead atoms. The number of rotatable bonds is 2. The van der Waals surface area contributed by atoms with E-state index in [9.17, 15) is 0 Å². The maximum absolute atomic E-state index is 4.40. The number of hydrogen-bond acceptors (Lipinski definition) is 1. The molecule has 2 rings (SSSR count). The molecule has 0 atom stereocenters. The van der Waals surface area contributed by atoms with Gasteiger partial charge in [-0.3, -0.25) is 0 Å². The van der Waals surface area contributed by atoms with E-state index < -0.39 is 8.07 Å². The Morgan fingerprint density at radius 3 is 2.45 bits per heavy atom. The zero-order valence-corrected chi connectivity index (χ0v) is 14.4. The Labute approximate surface area is 124 Å². The molecular weight excluding hydrogens is 258 g/mol. The van der Waals surface area contributed by atoms with Crippen LogP contribution in [0.25, 0.3) is 5.57 Å². The number of fused-ring (bicyclic) bond motifs is 1. The van der Waals surface area contributed by atoms with Gasteiger partial charge in [0, 0.05) is 12.6 Å². The van der Waals surface area contributed by atoms with E-state index in [0.29, 0.717) is 0 Å². The Hall–Kier alpha value is -1.54. The predicted octanol–water partition coefficient (Wildman–Crippen LogP) is 4.91. The molecule has 1 aromatic rings. The quantitative estimate of drug-likeness (QED) is 0.550. The number of para-hydroxylation sites is 1. The summed E-state index contributed by atoms with van der Waals surface area (Å²) in [5.41, 5.74) is 4.79. The van der Waals surface area contributed by atoms with Crippen LogP contribution in [0.15, 0.2) is 49.3 Å². The lowest BCUT2D eigenvalue weighted by atomic mass is 9.93. The molecule has 0 aromatic heterocycles. The van der Waals surface area contributed by atoms with Gasteiger partial charge in [-0.2, -0.15) is 0 Å². The van der Waals surface area contributed by atoms with Gasteiger partial charge in [-0.1, -0.05) is 71.0 Å². The summed E-state index contributed by atoms with van der Waals surface area (Å²) in [6, 6.07) is 6.52. The van der Waals surface area contributed by atoms with Crippen LogP contribution in [0.4, 0.5) is 5.69 Å². The van der Waals surface area contributed by atoms with Crippen molar-refractivity contribution in [3.8, 4) is 0 Å². The Morgan fingerprint density at radius 2 is 1.90 bits per heavy atom. The van der Waals surface area contributed by atoms with Gasteiger partial charge in [-0.25, -0.2) is 0 Å². The third-order valence-electron chi connectivity index (χ3n) is 5.33. The lowest BCUT2D eigenvalue weighted by Crippen LogP contribution is -2.57. The van der Waals surface area contributed by atoms with Crippen LogP contribution < -0.4 is 4.90 Å². The van der Waals surface area contributed by atoms with Gasteiger partial charge in [-0.05, 0) is 21.5 Å². The summed E-state index contributed by atoms with van der Waals surface area (Å²) in [4.78, 5) is 2.27. The minimum atomic E-state index is -1.63. The Morgan fingerprint density at radius 1 is 1.30 bits per heavy atom. The molecule has 20 heavy (non-hydrogen) atoms. The molecule has 1 aliphatic heterocycles. The average molecular weight is 283 g/mol. The van der Waals surface area contributed by atoms with Crippen LogP contribution >= 0.6 is 0 Å². The van der Waals surface area contributed by atoms with Crippen LogP contribution in [0.1, 0.15) is 25.0 Å². The van der Waals surface area contributed by atoms with E-state index in [2.05, 4.69) is 76.8 Å². The largest absolute Gasteiger partial charge is 0.352 e. The summed E-state index contributed by atoms with van der Waals surface area (Å²) in [5, 5.41) is 1.43. The number of hydrogen-bond donors (Lipinski definition) is 0. The molecular formula is C18H25NSi. The van der Waals surface area contributed by atoms with Crippen LogP contribution in [-0.4, -0.2) is 15.1 Å². The van der Waals surface area contributed by atoms with Crippen LogP contribution in [-0.2, 0) is 5.04 Å². The second-order valence-electron chi connectivity index (χ2n) is 6.69. The molecule has 1 aromatic carbocycles. The van der Waals surface area contributed by atoms with Crippen LogP contribution in [0.5, 0.6) is 0 Å². The van der Waals surface area contributed by atoms with Gasteiger partial charge in [0.05, 0.1) is 5.69 Å². The molecule has 0 aliphatic carbocycles. The van der Waals surface area contributed by atoms with Gasteiger partial charge in [0.2, 0.25) is 0 Å². The maximum Gasteiger partial charge on any atom is 0.111 e. The highest BCUT2D eigenvalue weighted by Crippen LogP contribution is 2.49. The second kappa shape index (κ2) is 4.49. The smallest absolute Gasteiger partial charge is 0.111 e. The van der Waals surface area contributed by atoms with Crippen molar-refractivity contribution in [2.45, 2.75) is 32.0 Å². The summed E-state index contributed by atoms with van der Waals surface area (Å²) in [5.74, 6) is 0. The van der Waals surface area contributed by atoms with Crippen molar-refractivity contribution in [3.05, 3.63) is 60.5 Å². The first-order valence-electron chi connectivity index (χ1n) is 7.04.